The molecule has 0 spiro atoms. The highest BCUT2D eigenvalue weighted by atomic mass is 16.7. The zero-order chi connectivity index (χ0) is 22.9. The summed E-state index contributed by atoms with van der Waals surface area (Å²) in [4.78, 5) is 46.0. The molecule has 3 aromatic carbocycles. The first-order chi connectivity index (χ1) is 16.1. The van der Waals surface area contributed by atoms with Gasteiger partial charge in [0.2, 0.25) is 5.91 Å². The Bertz CT molecular complexity index is 1180. The molecular formula is C26H22N2O5. The molecule has 0 bridgehead atoms. The Morgan fingerprint density at radius 3 is 2.15 bits per heavy atom. The third-order valence-electron chi connectivity index (χ3n) is 6.07. The lowest BCUT2D eigenvalue weighted by Gasteiger charge is -2.28. The second-order valence-electron chi connectivity index (χ2n) is 8.02. The number of imide groups is 1. The summed E-state index contributed by atoms with van der Waals surface area (Å²) >= 11 is 0. The molecule has 166 valence electrons. The molecule has 3 atom stereocenters. The molecule has 0 saturated carbocycles. The van der Waals surface area contributed by atoms with E-state index in [1.165, 1.54) is 12.0 Å². The summed E-state index contributed by atoms with van der Waals surface area (Å²) in [5.41, 5.74) is 2.78. The minimum Gasteiger partial charge on any atom is -0.465 e. The Hall–Kier alpha value is -3.97. The van der Waals surface area contributed by atoms with Crippen LogP contribution >= 0.6 is 0 Å². The number of hydrogen-bond donors (Lipinski definition) is 0. The number of nitrogens with zero attached hydrogens (tertiary/aromatic N) is 2. The van der Waals surface area contributed by atoms with Gasteiger partial charge in [0.25, 0.3) is 5.91 Å². The summed E-state index contributed by atoms with van der Waals surface area (Å²) < 4.78 is 4.78. The van der Waals surface area contributed by atoms with Crippen LogP contribution in [0.15, 0.2) is 84.9 Å². The molecule has 7 nitrogen and oxygen atoms in total. The van der Waals surface area contributed by atoms with Crippen LogP contribution in [0.25, 0.3) is 0 Å². The summed E-state index contributed by atoms with van der Waals surface area (Å²) in [7, 11) is 1.33. The maximum absolute atomic E-state index is 13.5. The van der Waals surface area contributed by atoms with E-state index in [0.717, 1.165) is 16.8 Å². The van der Waals surface area contributed by atoms with Gasteiger partial charge in [0.1, 0.15) is 5.92 Å². The van der Waals surface area contributed by atoms with Gasteiger partial charge in [-0.1, -0.05) is 60.7 Å². The summed E-state index contributed by atoms with van der Waals surface area (Å²) in [6.45, 7) is 0.203. The number of ether oxygens (including phenoxy) is 1. The number of likely N-dealkylation sites (tertiary alicyclic amines) is 1. The number of benzene rings is 3. The topological polar surface area (TPSA) is 76.2 Å². The fourth-order valence-corrected chi connectivity index (χ4v) is 4.47. The lowest BCUT2D eigenvalue weighted by molar-refractivity contribution is -0.143. The molecule has 0 aromatic heterocycles. The van der Waals surface area contributed by atoms with Gasteiger partial charge in [0.15, 0.2) is 6.10 Å². The number of anilines is 1. The van der Waals surface area contributed by atoms with E-state index in [2.05, 4.69) is 0 Å². The number of carbonyl (C=O) groups is 3. The van der Waals surface area contributed by atoms with Crippen molar-refractivity contribution in [3.8, 4) is 0 Å². The average molecular weight is 442 g/mol. The number of carbonyl (C=O) groups excluding carboxylic acids is 3. The standard InChI is InChI=1S/C26H22N2O5/c1-32-26(31)19-14-12-18(13-15-19)22-21-23(33-28(22)20-10-6-3-7-11-20)25(30)27(24(21)29)16-17-8-4-2-5-9-17/h2-15,21-23H,16H2,1H3/t21-,22-,23-/m1/s1. The molecule has 3 aromatic rings. The van der Waals surface area contributed by atoms with E-state index in [4.69, 9.17) is 9.57 Å². The summed E-state index contributed by atoms with van der Waals surface area (Å²) in [5.74, 6) is -1.76. The SMILES string of the molecule is COC(=O)c1ccc([C@@H]2[C@H]3C(=O)N(Cc4ccccc4)C(=O)[C@@H]3ON2c2ccccc2)cc1. The second-order valence-corrected chi connectivity index (χ2v) is 8.02. The Kier molecular flexibility index (Phi) is 5.40. The van der Waals surface area contributed by atoms with E-state index in [0.29, 0.717) is 5.56 Å². The van der Waals surface area contributed by atoms with Crippen molar-refractivity contribution >= 4 is 23.5 Å². The van der Waals surface area contributed by atoms with E-state index in [1.807, 2.05) is 60.7 Å². The van der Waals surface area contributed by atoms with Crippen molar-refractivity contribution in [1.29, 1.82) is 0 Å². The Balaban J connectivity index is 1.51. The van der Waals surface area contributed by atoms with Crippen molar-refractivity contribution in [2.45, 2.75) is 18.7 Å². The zero-order valence-electron chi connectivity index (χ0n) is 18.0. The summed E-state index contributed by atoms with van der Waals surface area (Å²) in [6, 6.07) is 25.1. The van der Waals surface area contributed by atoms with Gasteiger partial charge in [0, 0.05) is 0 Å². The van der Waals surface area contributed by atoms with E-state index in [9.17, 15) is 14.4 Å². The number of hydroxylamine groups is 1. The minimum absolute atomic E-state index is 0.203. The van der Waals surface area contributed by atoms with Gasteiger partial charge in [-0.05, 0) is 35.4 Å². The molecule has 2 aliphatic rings. The van der Waals surface area contributed by atoms with Gasteiger partial charge in [-0.3, -0.25) is 19.3 Å². The fraction of sp³-hybridized carbons (Fsp3) is 0.192. The first-order valence-corrected chi connectivity index (χ1v) is 10.7. The van der Waals surface area contributed by atoms with Gasteiger partial charge in [-0.25, -0.2) is 9.86 Å². The number of amides is 2. The van der Waals surface area contributed by atoms with Crippen molar-refractivity contribution in [3.05, 3.63) is 102 Å². The predicted octanol–water partition coefficient (Wildman–Crippen LogP) is 3.52. The van der Waals surface area contributed by atoms with Gasteiger partial charge in [-0.15, -0.1) is 0 Å². The Labute approximate surface area is 191 Å². The molecule has 2 heterocycles. The molecule has 2 fully saturated rings. The van der Waals surface area contributed by atoms with Gasteiger partial charge < -0.3 is 4.74 Å². The quantitative estimate of drug-likeness (QED) is 0.445. The molecule has 0 unspecified atom stereocenters. The normalized spacial score (nSPS) is 21.9. The van der Waals surface area contributed by atoms with Crippen LogP contribution < -0.4 is 5.06 Å². The van der Waals surface area contributed by atoms with Crippen molar-refractivity contribution in [1.82, 2.24) is 4.90 Å². The second kappa shape index (κ2) is 8.52. The van der Waals surface area contributed by atoms with Gasteiger partial charge in [-0.2, -0.15) is 0 Å². The van der Waals surface area contributed by atoms with Crippen molar-refractivity contribution in [2.75, 3.05) is 12.2 Å². The van der Waals surface area contributed by atoms with Crippen LogP contribution in [0.4, 0.5) is 5.69 Å². The molecule has 33 heavy (non-hydrogen) atoms. The monoisotopic (exact) mass is 442 g/mol. The molecule has 0 N–H and O–H groups in total. The van der Waals surface area contributed by atoms with Crippen molar-refractivity contribution < 1.29 is 24.0 Å². The van der Waals surface area contributed by atoms with Crippen LogP contribution in [0.3, 0.4) is 0 Å². The lowest BCUT2D eigenvalue weighted by Crippen LogP contribution is -2.36. The third-order valence-corrected chi connectivity index (χ3v) is 6.07. The molecule has 7 heteroatoms. The third kappa shape index (κ3) is 3.66. The molecule has 0 radical (unpaired) electrons. The fourth-order valence-electron chi connectivity index (χ4n) is 4.47. The lowest BCUT2D eigenvalue weighted by atomic mass is 9.90. The van der Waals surface area contributed by atoms with E-state index >= 15 is 0 Å². The number of hydrogen-bond acceptors (Lipinski definition) is 6. The maximum atomic E-state index is 13.5. The Morgan fingerprint density at radius 1 is 0.879 bits per heavy atom. The maximum Gasteiger partial charge on any atom is 0.337 e. The molecule has 2 aliphatic heterocycles. The van der Waals surface area contributed by atoms with Crippen LogP contribution in [0.1, 0.15) is 27.5 Å². The van der Waals surface area contributed by atoms with Gasteiger partial charge in [0.05, 0.1) is 30.9 Å². The number of fused-ring (bicyclic) bond motifs is 1. The van der Waals surface area contributed by atoms with Crippen LogP contribution in [0.5, 0.6) is 0 Å². The predicted molar refractivity (Wildman–Crippen MR) is 120 cm³/mol. The van der Waals surface area contributed by atoms with Crippen molar-refractivity contribution in [3.63, 3.8) is 0 Å². The molecular weight excluding hydrogens is 420 g/mol. The van der Waals surface area contributed by atoms with Crippen LogP contribution in [-0.4, -0.2) is 35.9 Å². The number of methoxy groups -OCH3 is 1. The average Bonchev–Trinajstić information content (AvgIpc) is 3.37. The largest absolute Gasteiger partial charge is 0.465 e. The summed E-state index contributed by atoms with van der Waals surface area (Å²) in [6.07, 6.45) is -0.910. The molecule has 5 rings (SSSR count). The minimum atomic E-state index is -0.910. The van der Waals surface area contributed by atoms with E-state index in [-0.39, 0.29) is 18.4 Å². The van der Waals surface area contributed by atoms with E-state index < -0.39 is 24.0 Å². The highest BCUT2D eigenvalue weighted by Gasteiger charge is 2.59. The smallest absolute Gasteiger partial charge is 0.337 e. The first-order valence-electron chi connectivity index (χ1n) is 10.7. The van der Waals surface area contributed by atoms with Crippen LogP contribution in [0, 0.1) is 5.92 Å². The van der Waals surface area contributed by atoms with Crippen molar-refractivity contribution in [2.24, 2.45) is 5.92 Å². The first kappa shape index (κ1) is 20.9. The van der Waals surface area contributed by atoms with Crippen LogP contribution in [-0.2, 0) is 25.7 Å². The Morgan fingerprint density at radius 2 is 1.52 bits per heavy atom. The highest BCUT2D eigenvalue weighted by molar-refractivity contribution is 6.07. The molecule has 2 amide bonds. The molecule has 2 saturated heterocycles. The van der Waals surface area contributed by atoms with E-state index in [1.54, 1.807) is 29.3 Å². The zero-order valence-corrected chi connectivity index (χ0v) is 18.0. The molecule has 0 aliphatic carbocycles. The van der Waals surface area contributed by atoms with Gasteiger partial charge >= 0.3 is 5.97 Å². The number of esters is 1. The number of rotatable bonds is 5. The van der Waals surface area contributed by atoms with Crippen LogP contribution in [0.2, 0.25) is 0 Å². The number of para-hydroxylation sites is 1. The summed E-state index contributed by atoms with van der Waals surface area (Å²) in [5, 5.41) is 1.64. The highest BCUT2D eigenvalue weighted by Crippen LogP contribution is 2.46.